The summed E-state index contributed by atoms with van der Waals surface area (Å²) in [6.45, 7) is 4.29. The van der Waals surface area contributed by atoms with Crippen LogP contribution >= 0.6 is 12.2 Å². The van der Waals surface area contributed by atoms with Gasteiger partial charge in [-0.2, -0.15) is 4.68 Å². The number of rotatable bonds is 4. The zero-order valence-corrected chi connectivity index (χ0v) is 14.7. The van der Waals surface area contributed by atoms with Crippen LogP contribution in [0, 0.1) is 4.77 Å². The minimum atomic E-state index is 0.706. The van der Waals surface area contributed by atoms with Crippen LogP contribution in [0.15, 0.2) is 54.9 Å². The quantitative estimate of drug-likeness (QED) is 0.719. The summed E-state index contributed by atoms with van der Waals surface area (Å²) in [6.07, 6.45) is 3.56. The molecule has 3 aromatic rings. The van der Waals surface area contributed by atoms with Crippen LogP contribution < -0.4 is 4.90 Å². The average Bonchev–Trinajstić information content (AvgIpc) is 3.00. The van der Waals surface area contributed by atoms with E-state index in [0.29, 0.717) is 4.77 Å². The monoisotopic (exact) mass is 354 g/mol. The first kappa shape index (κ1) is 16.1. The molecule has 0 spiro atoms. The number of para-hydroxylation sites is 1. The lowest BCUT2D eigenvalue weighted by molar-refractivity contribution is -0.930. The molecule has 1 aliphatic rings. The third-order valence-corrected chi connectivity index (χ3v) is 4.76. The molecular formula is C18H20N5OS+. The number of nitrogens with one attached hydrogen (secondary N) is 1. The standard InChI is InChI=1S/C18H19N5OS/c25-18-22(14-21-10-12-24-13-11-21)20-17(15-6-8-19-9-7-15)23(18)16-4-2-1-3-5-16/h1-9H,10-14H2/p+1. The van der Waals surface area contributed by atoms with Gasteiger partial charge in [-0.1, -0.05) is 18.2 Å². The maximum Gasteiger partial charge on any atom is 0.207 e. The third kappa shape index (κ3) is 3.39. The van der Waals surface area contributed by atoms with Gasteiger partial charge in [0.1, 0.15) is 13.1 Å². The first-order valence-electron chi connectivity index (χ1n) is 8.40. The van der Waals surface area contributed by atoms with E-state index in [0.717, 1.165) is 50.0 Å². The summed E-state index contributed by atoms with van der Waals surface area (Å²) >= 11 is 5.77. The number of pyridine rings is 1. The molecule has 0 bridgehead atoms. The zero-order valence-electron chi connectivity index (χ0n) is 13.8. The predicted octanol–water partition coefficient (Wildman–Crippen LogP) is 1.34. The number of benzene rings is 1. The van der Waals surface area contributed by atoms with Crippen molar-refractivity contribution in [2.45, 2.75) is 6.67 Å². The van der Waals surface area contributed by atoms with Crippen molar-refractivity contribution in [3.63, 3.8) is 0 Å². The van der Waals surface area contributed by atoms with Crippen molar-refractivity contribution in [3.05, 3.63) is 59.6 Å². The van der Waals surface area contributed by atoms with E-state index in [-0.39, 0.29) is 0 Å². The van der Waals surface area contributed by atoms with Gasteiger partial charge in [0.15, 0.2) is 12.5 Å². The van der Waals surface area contributed by atoms with Crippen LogP contribution in [-0.4, -0.2) is 45.6 Å². The van der Waals surface area contributed by atoms with Crippen LogP contribution in [-0.2, 0) is 11.4 Å². The van der Waals surface area contributed by atoms with E-state index in [1.807, 2.05) is 51.7 Å². The van der Waals surface area contributed by atoms with E-state index in [2.05, 4.69) is 4.98 Å². The van der Waals surface area contributed by atoms with Crippen molar-refractivity contribution in [1.82, 2.24) is 19.3 Å². The topological polar surface area (TPSA) is 49.3 Å². The van der Waals surface area contributed by atoms with E-state index in [1.54, 1.807) is 12.4 Å². The predicted molar refractivity (Wildman–Crippen MR) is 97.1 cm³/mol. The third-order valence-electron chi connectivity index (χ3n) is 4.37. The van der Waals surface area contributed by atoms with Crippen molar-refractivity contribution in [2.75, 3.05) is 26.3 Å². The van der Waals surface area contributed by atoms with Crippen LogP contribution in [0.3, 0.4) is 0 Å². The van der Waals surface area contributed by atoms with Crippen LogP contribution in [0.2, 0.25) is 0 Å². The van der Waals surface area contributed by atoms with Crippen molar-refractivity contribution in [2.24, 2.45) is 0 Å². The van der Waals surface area contributed by atoms with Crippen LogP contribution in [0.25, 0.3) is 17.1 Å². The summed E-state index contributed by atoms with van der Waals surface area (Å²) in [5, 5.41) is 4.84. The summed E-state index contributed by atoms with van der Waals surface area (Å²) < 4.78 is 10.1. The van der Waals surface area contributed by atoms with Crippen LogP contribution in [0.4, 0.5) is 0 Å². The van der Waals surface area contributed by atoms with E-state index in [9.17, 15) is 0 Å². The molecule has 2 aromatic heterocycles. The molecule has 3 heterocycles. The Morgan fingerprint density at radius 2 is 1.76 bits per heavy atom. The molecule has 0 saturated carbocycles. The van der Waals surface area contributed by atoms with Crippen molar-refractivity contribution >= 4 is 12.2 Å². The maximum atomic E-state index is 5.77. The molecule has 1 saturated heterocycles. The van der Waals surface area contributed by atoms with Gasteiger partial charge < -0.3 is 9.64 Å². The molecule has 0 amide bonds. The SMILES string of the molecule is S=c1n(C[NH+]2CCOCC2)nc(-c2ccncc2)n1-c1ccccc1. The molecular weight excluding hydrogens is 334 g/mol. The molecule has 1 aliphatic heterocycles. The highest BCUT2D eigenvalue weighted by molar-refractivity contribution is 7.71. The second kappa shape index (κ2) is 7.26. The van der Waals surface area contributed by atoms with Gasteiger partial charge >= 0.3 is 0 Å². The van der Waals surface area contributed by atoms with Crippen LogP contribution in [0.5, 0.6) is 0 Å². The van der Waals surface area contributed by atoms with Gasteiger partial charge in [-0.05, 0) is 36.5 Å². The first-order chi connectivity index (χ1) is 12.3. The van der Waals surface area contributed by atoms with Gasteiger partial charge in [0.2, 0.25) is 4.77 Å². The number of nitrogens with zero attached hydrogens (tertiary/aromatic N) is 4. The molecule has 25 heavy (non-hydrogen) atoms. The molecule has 0 atom stereocenters. The summed E-state index contributed by atoms with van der Waals surface area (Å²) in [4.78, 5) is 5.54. The number of quaternary nitrogens is 1. The molecule has 128 valence electrons. The second-order valence-electron chi connectivity index (χ2n) is 6.03. The van der Waals surface area contributed by atoms with Gasteiger partial charge in [-0.3, -0.25) is 9.55 Å². The van der Waals surface area contributed by atoms with Crippen molar-refractivity contribution < 1.29 is 9.64 Å². The molecule has 1 fully saturated rings. The minimum absolute atomic E-state index is 0.706. The summed E-state index contributed by atoms with van der Waals surface area (Å²) in [7, 11) is 0. The lowest BCUT2D eigenvalue weighted by Gasteiger charge is -2.23. The lowest BCUT2D eigenvalue weighted by atomic mass is 10.2. The molecule has 0 aliphatic carbocycles. The second-order valence-corrected chi connectivity index (χ2v) is 6.40. The summed E-state index contributed by atoms with van der Waals surface area (Å²) in [6, 6.07) is 14.0. The molecule has 1 N–H and O–H groups in total. The fraction of sp³-hybridized carbons (Fsp3) is 0.278. The molecule has 1 aromatic carbocycles. The van der Waals surface area contributed by atoms with Crippen LogP contribution in [0.1, 0.15) is 0 Å². The first-order valence-corrected chi connectivity index (χ1v) is 8.81. The number of ether oxygens (including phenoxy) is 1. The van der Waals surface area contributed by atoms with E-state index in [1.165, 1.54) is 4.90 Å². The fourth-order valence-electron chi connectivity index (χ4n) is 3.04. The smallest absolute Gasteiger partial charge is 0.207 e. The Kier molecular flexibility index (Phi) is 4.69. The Labute approximate surface area is 151 Å². The van der Waals surface area contributed by atoms with Gasteiger partial charge in [0.25, 0.3) is 0 Å². The normalized spacial score (nSPS) is 15.4. The Morgan fingerprint density at radius 3 is 2.48 bits per heavy atom. The number of hydrogen-bond donors (Lipinski definition) is 1. The fourth-order valence-corrected chi connectivity index (χ4v) is 3.34. The van der Waals surface area contributed by atoms with E-state index in [4.69, 9.17) is 22.1 Å². The highest BCUT2D eigenvalue weighted by atomic mass is 32.1. The molecule has 0 unspecified atom stereocenters. The molecule has 7 heteroatoms. The van der Waals surface area contributed by atoms with E-state index < -0.39 is 0 Å². The van der Waals surface area contributed by atoms with Gasteiger partial charge in [-0.25, -0.2) is 0 Å². The molecule has 4 rings (SSSR count). The highest BCUT2D eigenvalue weighted by Crippen LogP contribution is 2.21. The van der Waals surface area contributed by atoms with E-state index >= 15 is 0 Å². The Hall–Kier alpha value is -2.35. The zero-order chi connectivity index (χ0) is 17.1. The number of morpholine rings is 1. The number of aromatic nitrogens is 4. The van der Waals surface area contributed by atoms with Gasteiger partial charge in [0.05, 0.1) is 13.2 Å². The Balaban J connectivity index is 1.79. The highest BCUT2D eigenvalue weighted by Gasteiger charge is 2.19. The maximum absolute atomic E-state index is 5.77. The van der Waals surface area contributed by atoms with Crippen molar-refractivity contribution in [3.8, 4) is 17.1 Å². The minimum Gasteiger partial charge on any atom is -0.370 e. The largest absolute Gasteiger partial charge is 0.370 e. The van der Waals surface area contributed by atoms with Crippen molar-refractivity contribution in [1.29, 1.82) is 0 Å². The number of hydrogen-bond acceptors (Lipinski definition) is 4. The summed E-state index contributed by atoms with van der Waals surface area (Å²) in [5.74, 6) is 0.839. The molecule has 6 nitrogen and oxygen atoms in total. The molecule has 0 radical (unpaired) electrons. The Bertz CT molecular complexity index is 885. The lowest BCUT2D eigenvalue weighted by Crippen LogP contribution is -3.13. The average molecular weight is 354 g/mol. The Morgan fingerprint density at radius 1 is 1.04 bits per heavy atom. The van der Waals surface area contributed by atoms with Gasteiger partial charge in [-0.15, -0.1) is 5.10 Å². The van der Waals surface area contributed by atoms with Gasteiger partial charge in [0, 0.05) is 23.6 Å². The summed E-state index contributed by atoms with van der Waals surface area (Å²) in [5.41, 5.74) is 2.02.